The predicted octanol–water partition coefficient (Wildman–Crippen LogP) is 5.37. The highest BCUT2D eigenvalue weighted by Gasteiger charge is 2.62. The number of ketones is 1. The van der Waals surface area contributed by atoms with Crippen LogP contribution >= 0.6 is 11.6 Å². The number of rotatable bonds is 3. The summed E-state index contributed by atoms with van der Waals surface area (Å²) in [7, 11) is 0. The van der Waals surface area contributed by atoms with Gasteiger partial charge in [-0.1, -0.05) is 36.8 Å². The number of halogens is 1. The van der Waals surface area contributed by atoms with Crippen LogP contribution in [0, 0.1) is 17.3 Å². The van der Waals surface area contributed by atoms with Crippen molar-refractivity contribution in [2.75, 3.05) is 5.88 Å². The third kappa shape index (κ3) is 2.81. The lowest BCUT2D eigenvalue weighted by Crippen LogP contribution is -2.52. The number of aldehydes is 1. The minimum Gasteiger partial charge on any atom is -0.388 e. The van der Waals surface area contributed by atoms with Crippen molar-refractivity contribution in [3.8, 4) is 0 Å². The average Bonchev–Trinajstić information content (AvgIpc) is 3.04. The number of benzene rings is 1. The molecule has 0 aliphatic heterocycles. The van der Waals surface area contributed by atoms with Gasteiger partial charge in [-0.15, -0.1) is 11.6 Å². The highest BCUT2D eigenvalue weighted by atomic mass is 35.5. The van der Waals surface area contributed by atoms with Crippen LogP contribution in [0.15, 0.2) is 47.1 Å². The summed E-state index contributed by atoms with van der Waals surface area (Å²) in [6.07, 6.45) is 8.82. The molecule has 0 unspecified atom stereocenters. The average molecular weight is 425 g/mol. The van der Waals surface area contributed by atoms with Gasteiger partial charge in [0, 0.05) is 23.3 Å². The molecule has 2 saturated carbocycles. The van der Waals surface area contributed by atoms with E-state index < -0.39 is 5.60 Å². The van der Waals surface area contributed by atoms with Gasteiger partial charge in [-0.25, -0.2) is 0 Å². The molecule has 0 aromatic heterocycles. The normalized spacial score (nSPS) is 37.9. The van der Waals surface area contributed by atoms with Crippen LogP contribution < -0.4 is 0 Å². The van der Waals surface area contributed by atoms with Crippen molar-refractivity contribution < 1.29 is 14.7 Å². The van der Waals surface area contributed by atoms with Gasteiger partial charge in [-0.2, -0.15) is 0 Å². The van der Waals surface area contributed by atoms with E-state index in [4.69, 9.17) is 11.6 Å². The summed E-state index contributed by atoms with van der Waals surface area (Å²) in [6, 6.07) is 7.93. The van der Waals surface area contributed by atoms with Crippen LogP contribution in [0.5, 0.6) is 0 Å². The maximum absolute atomic E-state index is 12.1. The van der Waals surface area contributed by atoms with E-state index in [1.165, 1.54) is 22.3 Å². The van der Waals surface area contributed by atoms with Crippen LogP contribution in [0.25, 0.3) is 0 Å². The summed E-state index contributed by atoms with van der Waals surface area (Å²) in [5.41, 5.74) is 4.95. The molecule has 5 rings (SSSR count). The molecule has 0 heterocycles. The van der Waals surface area contributed by atoms with Gasteiger partial charge in [0.05, 0.1) is 11.5 Å². The SMILES string of the molecule is C[C@]12C[C@H](c3ccc(C=O)cc3)C3=C4CCC(=O)C=C4CC[C@H]3[C@@H]1CC[C@@]2(O)CCl. The zero-order valence-electron chi connectivity index (χ0n) is 17.5. The van der Waals surface area contributed by atoms with E-state index in [2.05, 4.69) is 19.1 Å². The van der Waals surface area contributed by atoms with Crippen LogP contribution in [0.4, 0.5) is 0 Å². The second kappa shape index (κ2) is 7.17. The first-order chi connectivity index (χ1) is 14.4. The van der Waals surface area contributed by atoms with E-state index in [0.29, 0.717) is 23.8 Å². The van der Waals surface area contributed by atoms with Gasteiger partial charge in [0.1, 0.15) is 6.29 Å². The number of alkyl halides is 1. The maximum atomic E-state index is 12.1. The lowest BCUT2D eigenvalue weighted by Gasteiger charge is -2.54. The van der Waals surface area contributed by atoms with Crippen molar-refractivity contribution >= 4 is 23.7 Å². The zero-order valence-corrected chi connectivity index (χ0v) is 18.3. The van der Waals surface area contributed by atoms with Gasteiger partial charge in [0.25, 0.3) is 0 Å². The van der Waals surface area contributed by atoms with Crippen molar-refractivity contribution in [2.45, 2.75) is 63.4 Å². The number of aliphatic hydroxyl groups is 1. The molecule has 0 amide bonds. The number of hydrogen-bond donors (Lipinski definition) is 1. The lowest BCUT2D eigenvalue weighted by atomic mass is 9.51. The van der Waals surface area contributed by atoms with E-state index >= 15 is 0 Å². The number of fused-ring (bicyclic) bond motifs is 4. The summed E-state index contributed by atoms with van der Waals surface area (Å²) in [5.74, 6) is 1.56. The third-order valence-corrected chi connectivity index (χ3v) is 9.19. The molecular weight excluding hydrogens is 396 g/mol. The van der Waals surface area contributed by atoms with Gasteiger partial charge >= 0.3 is 0 Å². The number of carbonyl (C=O) groups excluding carboxylic acids is 2. The molecule has 30 heavy (non-hydrogen) atoms. The van der Waals surface area contributed by atoms with Gasteiger partial charge in [-0.05, 0) is 73.1 Å². The van der Waals surface area contributed by atoms with E-state index in [0.717, 1.165) is 44.8 Å². The van der Waals surface area contributed by atoms with E-state index in [-0.39, 0.29) is 23.0 Å². The summed E-state index contributed by atoms with van der Waals surface area (Å²) in [5, 5.41) is 11.5. The Morgan fingerprint density at radius 2 is 1.93 bits per heavy atom. The molecule has 0 radical (unpaired) electrons. The Bertz CT molecular complexity index is 959. The number of allylic oxidation sites excluding steroid dienone is 4. The Hall–Kier alpha value is -1.71. The largest absolute Gasteiger partial charge is 0.388 e. The van der Waals surface area contributed by atoms with Crippen LogP contribution in [0.2, 0.25) is 0 Å². The van der Waals surface area contributed by atoms with Crippen LogP contribution in [0.1, 0.15) is 73.7 Å². The summed E-state index contributed by atoms with van der Waals surface area (Å²) in [6.45, 7) is 2.25. The monoisotopic (exact) mass is 424 g/mol. The standard InChI is InChI=1S/C26H29ClO3/c1-25-13-22(17-4-2-16(14-28)3-5-17)24-20-9-7-19(29)12-18(20)6-8-21(24)23(25)10-11-26(25,30)15-27/h2-5,12,14,21-23,30H,6-11,13,15H2,1H3/t21-,22+,23-,25-,26+/m0/s1. The molecule has 0 bridgehead atoms. The van der Waals surface area contributed by atoms with Crippen molar-refractivity contribution in [3.63, 3.8) is 0 Å². The first-order valence-corrected chi connectivity index (χ1v) is 11.7. The van der Waals surface area contributed by atoms with Gasteiger partial charge in [-0.3, -0.25) is 9.59 Å². The van der Waals surface area contributed by atoms with E-state index in [1.807, 2.05) is 18.2 Å². The Kier molecular flexibility index (Phi) is 4.83. The molecule has 1 aromatic rings. The third-order valence-electron chi connectivity index (χ3n) is 8.75. The second-order valence-corrected chi connectivity index (χ2v) is 10.3. The Morgan fingerprint density at radius 1 is 1.17 bits per heavy atom. The summed E-state index contributed by atoms with van der Waals surface area (Å²) < 4.78 is 0. The molecule has 1 N–H and O–H groups in total. The van der Waals surface area contributed by atoms with Gasteiger partial charge < -0.3 is 5.11 Å². The fraction of sp³-hybridized carbons (Fsp3) is 0.538. The minimum absolute atomic E-state index is 0.191. The van der Waals surface area contributed by atoms with Crippen molar-refractivity contribution in [2.24, 2.45) is 17.3 Å². The highest BCUT2D eigenvalue weighted by Crippen LogP contribution is 2.66. The Balaban J connectivity index is 1.68. The molecule has 1 aromatic carbocycles. The molecule has 0 spiro atoms. The van der Waals surface area contributed by atoms with Crippen molar-refractivity contribution in [3.05, 3.63) is 58.2 Å². The highest BCUT2D eigenvalue weighted by molar-refractivity contribution is 6.18. The maximum Gasteiger partial charge on any atom is 0.156 e. The molecular formula is C26H29ClO3. The number of carbonyl (C=O) groups is 2. The van der Waals surface area contributed by atoms with Crippen molar-refractivity contribution in [1.29, 1.82) is 0 Å². The molecule has 158 valence electrons. The molecule has 4 aliphatic rings. The first-order valence-electron chi connectivity index (χ1n) is 11.2. The van der Waals surface area contributed by atoms with E-state index in [1.54, 1.807) is 0 Å². The zero-order chi connectivity index (χ0) is 21.1. The fourth-order valence-corrected chi connectivity index (χ4v) is 7.52. The fourth-order valence-electron chi connectivity index (χ4n) is 7.08. The molecule has 4 aliphatic carbocycles. The Labute approximate surface area is 183 Å². The summed E-state index contributed by atoms with van der Waals surface area (Å²) in [4.78, 5) is 23.2. The quantitative estimate of drug-likeness (QED) is 0.524. The minimum atomic E-state index is -0.838. The summed E-state index contributed by atoms with van der Waals surface area (Å²) >= 11 is 6.35. The van der Waals surface area contributed by atoms with E-state index in [9.17, 15) is 14.7 Å². The first kappa shape index (κ1) is 20.2. The van der Waals surface area contributed by atoms with Gasteiger partial charge in [0.15, 0.2) is 5.78 Å². The van der Waals surface area contributed by atoms with Crippen LogP contribution in [-0.2, 0) is 4.79 Å². The molecule has 0 saturated heterocycles. The molecule has 4 heteroatoms. The lowest BCUT2D eigenvalue weighted by molar-refractivity contribution is -0.114. The number of hydrogen-bond acceptors (Lipinski definition) is 3. The van der Waals surface area contributed by atoms with Crippen molar-refractivity contribution in [1.82, 2.24) is 0 Å². The topological polar surface area (TPSA) is 54.4 Å². The van der Waals surface area contributed by atoms with Crippen LogP contribution in [-0.4, -0.2) is 28.7 Å². The Morgan fingerprint density at radius 3 is 2.63 bits per heavy atom. The second-order valence-electron chi connectivity index (χ2n) is 9.98. The smallest absolute Gasteiger partial charge is 0.156 e. The predicted molar refractivity (Wildman–Crippen MR) is 118 cm³/mol. The molecule has 5 atom stereocenters. The molecule has 2 fully saturated rings. The van der Waals surface area contributed by atoms with Gasteiger partial charge in [0.2, 0.25) is 0 Å². The van der Waals surface area contributed by atoms with Crippen LogP contribution in [0.3, 0.4) is 0 Å². The molecule has 3 nitrogen and oxygen atoms in total.